The van der Waals surface area contributed by atoms with Crippen molar-refractivity contribution in [2.45, 2.75) is 13.0 Å². The Morgan fingerprint density at radius 2 is 1.90 bits per heavy atom. The summed E-state index contributed by atoms with van der Waals surface area (Å²) in [5, 5.41) is 13.0. The van der Waals surface area contributed by atoms with Gasteiger partial charge in [0.15, 0.2) is 6.61 Å². The molecular weight excluding hydrogens is 258 g/mol. The van der Waals surface area contributed by atoms with Crippen LogP contribution in [-0.4, -0.2) is 29.6 Å². The number of carboxylic acid groups (broad SMARTS) is 1. The molecule has 1 amide bonds. The normalized spacial score (nSPS) is 11.8. The van der Waals surface area contributed by atoms with Crippen molar-refractivity contribution in [3.05, 3.63) is 42.5 Å². The molecule has 0 saturated carbocycles. The lowest BCUT2D eigenvalue weighted by Gasteiger charge is -2.11. The summed E-state index contributed by atoms with van der Waals surface area (Å²) in [7, 11) is 0. The molecule has 5 heteroatoms. The highest BCUT2D eigenvalue weighted by Gasteiger charge is 2.14. The van der Waals surface area contributed by atoms with Crippen LogP contribution in [0.1, 0.15) is 6.92 Å². The number of carbonyl (C=O) groups is 2. The van der Waals surface area contributed by atoms with Crippen molar-refractivity contribution in [2.75, 3.05) is 6.61 Å². The van der Waals surface area contributed by atoms with Gasteiger partial charge in [0.05, 0.1) is 0 Å². The average Bonchev–Trinajstić information content (AvgIpc) is 2.44. The van der Waals surface area contributed by atoms with E-state index in [0.29, 0.717) is 5.75 Å². The highest BCUT2D eigenvalue weighted by Crippen LogP contribution is 2.24. The molecule has 20 heavy (non-hydrogen) atoms. The Hall–Kier alpha value is -2.56. The zero-order valence-corrected chi connectivity index (χ0v) is 11.0. The van der Waals surface area contributed by atoms with Crippen LogP contribution in [0.25, 0.3) is 10.8 Å². The molecule has 1 unspecified atom stereocenters. The van der Waals surface area contributed by atoms with Gasteiger partial charge in [-0.1, -0.05) is 36.4 Å². The van der Waals surface area contributed by atoms with Gasteiger partial charge in [0, 0.05) is 5.39 Å². The van der Waals surface area contributed by atoms with Crippen LogP contribution in [0.2, 0.25) is 0 Å². The maximum absolute atomic E-state index is 11.6. The topological polar surface area (TPSA) is 75.6 Å². The minimum Gasteiger partial charge on any atom is -0.483 e. The number of nitrogens with one attached hydrogen (secondary N) is 1. The highest BCUT2D eigenvalue weighted by atomic mass is 16.5. The Bertz CT molecular complexity index is 633. The molecule has 0 heterocycles. The van der Waals surface area contributed by atoms with Gasteiger partial charge in [-0.05, 0) is 18.4 Å². The molecule has 0 aromatic heterocycles. The number of carboxylic acids is 1. The highest BCUT2D eigenvalue weighted by molar-refractivity contribution is 5.89. The second-order valence-corrected chi connectivity index (χ2v) is 4.39. The number of rotatable bonds is 5. The molecule has 0 aliphatic carbocycles. The molecule has 2 rings (SSSR count). The molecular formula is C15H15NO4. The van der Waals surface area contributed by atoms with Crippen LogP contribution < -0.4 is 10.1 Å². The Balaban J connectivity index is 2.03. The molecule has 1 atom stereocenters. The first-order valence-corrected chi connectivity index (χ1v) is 6.20. The summed E-state index contributed by atoms with van der Waals surface area (Å²) in [5.74, 6) is -0.947. The SMILES string of the molecule is CC(NC(=O)COc1cccc2ccccc12)C(=O)O. The van der Waals surface area contributed by atoms with Crippen LogP contribution in [0.4, 0.5) is 0 Å². The Kier molecular flexibility index (Phi) is 4.20. The lowest BCUT2D eigenvalue weighted by atomic mass is 10.1. The van der Waals surface area contributed by atoms with Crippen LogP contribution in [0, 0.1) is 0 Å². The van der Waals surface area contributed by atoms with Crippen molar-refractivity contribution in [1.29, 1.82) is 0 Å². The molecule has 0 saturated heterocycles. The fourth-order valence-electron chi connectivity index (χ4n) is 1.81. The predicted molar refractivity (Wildman–Crippen MR) is 74.7 cm³/mol. The molecule has 0 radical (unpaired) electrons. The second kappa shape index (κ2) is 6.06. The maximum Gasteiger partial charge on any atom is 0.325 e. The van der Waals surface area contributed by atoms with E-state index < -0.39 is 17.9 Å². The zero-order valence-electron chi connectivity index (χ0n) is 11.0. The average molecular weight is 273 g/mol. The number of fused-ring (bicyclic) bond motifs is 1. The van der Waals surface area contributed by atoms with E-state index >= 15 is 0 Å². The zero-order chi connectivity index (χ0) is 14.5. The van der Waals surface area contributed by atoms with Crippen molar-refractivity contribution in [1.82, 2.24) is 5.32 Å². The van der Waals surface area contributed by atoms with E-state index in [9.17, 15) is 9.59 Å². The predicted octanol–water partition coefficient (Wildman–Crippen LogP) is 1.81. The molecule has 2 aromatic rings. The summed E-state index contributed by atoms with van der Waals surface area (Å²) in [6, 6.07) is 12.3. The number of aliphatic carboxylic acids is 1. The van der Waals surface area contributed by atoms with Crippen molar-refractivity contribution in [2.24, 2.45) is 0 Å². The van der Waals surface area contributed by atoms with Gasteiger partial charge in [-0.25, -0.2) is 0 Å². The summed E-state index contributed by atoms with van der Waals surface area (Å²) < 4.78 is 5.46. The monoisotopic (exact) mass is 273 g/mol. The fourth-order valence-corrected chi connectivity index (χ4v) is 1.81. The Morgan fingerprint density at radius 1 is 1.20 bits per heavy atom. The molecule has 2 N–H and O–H groups in total. The van der Waals surface area contributed by atoms with Crippen LogP contribution in [0.15, 0.2) is 42.5 Å². The first-order valence-electron chi connectivity index (χ1n) is 6.20. The van der Waals surface area contributed by atoms with Crippen LogP contribution >= 0.6 is 0 Å². The van der Waals surface area contributed by atoms with Gasteiger partial charge in [0.1, 0.15) is 11.8 Å². The van der Waals surface area contributed by atoms with E-state index in [2.05, 4.69) is 5.32 Å². The number of amides is 1. The third-order valence-corrected chi connectivity index (χ3v) is 2.86. The van der Waals surface area contributed by atoms with E-state index in [1.165, 1.54) is 6.92 Å². The standard InChI is InChI=1S/C15H15NO4/c1-10(15(18)19)16-14(17)9-20-13-8-4-6-11-5-2-3-7-12(11)13/h2-8,10H,9H2,1H3,(H,16,17)(H,18,19). The summed E-state index contributed by atoms with van der Waals surface area (Å²) in [5.41, 5.74) is 0. The second-order valence-electron chi connectivity index (χ2n) is 4.39. The van der Waals surface area contributed by atoms with E-state index in [1.807, 2.05) is 36.4 Å². The Labute approximate surface area is 116 Å². The van der Waals surface area contributed by atoms with Gasteiger partial charge in [-0.3, -0.25) is 9.59 Å². The van der Waals surface area contributed by atoms with Gasteiger partial charge < -0.3 is 15.2 Å². The van der Waals surface area contributed by atoms with Gasteiger partial charge in [0.25, 0.3) is 5.91 Å². The number of hydrogen-bond acceptors (Lipinski definition) is 3. The van der Waals surface area contributed by atoms with Crippen LogP contribution in [0.3, 0.4) is 0 Å². The van der Waals surface area contributed by atoms with Gasteiger partial charge in [-0.2, -0.15) is 0 Å². The Morgan fingerprint density at radius 3 is 2.65 bits per heavy atom. The maximum atomic E-state index is 11.6. The van der Waals surface area contributed by atoms with E-state index in [1.54, 1.807) is 6.07 Å². The van der Waals surface area contributed by atoms with Gasteiger partial charge >= 0.3 is 5.97 Å². The first-order chi connectivity index (χ1) is 9.58. The van der Waals surface area contributed by atoms with E-state index in [0.717, 1.165) is 10.8 Å². The molecule has 0 aliphatic heterocycles. The van der Waals surface area contributed by atoms with Crippen LogP contribution in [0.5, 0.6) is 5.75 Å². The minimum absolute atomic E-state index is 0.217. The molecule has 0 aliphatic rings. The summed E-state index contributed by atoms with van der Waals surface area (Å²) in [4.78, 5) is 22.2. The third kappa shape index (κ3) is 3.26. The van der Waals surface area contributed by atoms with E-state index in [4.69, 9.17) is 9.84 Å². The van der Waals surface area contributed by atoms with Crippen LogP contribution in [-0.2, 0) is 9.59 Å². The summed E-state index contributed by atoms with van der Waals surface area (Å²) in [6.45, 7) is 1.18. The molecule has 0 spiro atoms. The number of carbonyl (C=O) groups excluding carboxylic acids is 1. The first kappa shape index (κ1) is 13.9. The third-order valence-electron chi connectivity index (χ3n) is 2.86. The van der Waals surface area contributed by atoms with Crippen molar-refractivity contribution < 1.29 is 19.4 Å². The number of ether oxygens (including phenoxy) is 1. The summed E-state index contributed by atoms with van der Waals surface area (Å²) >= 11 is 0. The minimum atomic E-state index is -1.08. The lowest BCUT2D eigenvalue weighted by Crippen LogP contribution is -2.40. The summed E-state index contributed by atoms with van der Waals surface area (Å²) in [6.07, 6.45) is 0. The van der Waals surface area contributed by atoms with Gasteiger partial charge in [-0.15, -0.1) is 0 Å². The molecule has 104 valence electrons. The van der Waals surface area contributed by atoms with Crippen molar-refractivity contribution in [3.8, 4) is 5.75 Å². The lowest BCUT2D eigenvalue weighted by molar-refractivity contribution is -0.141. The molecule has 2 aromatic carbocycles. The largest absolute Gasteiger partial charge is 0.483 e. The quantitative estimate of drug-likeness (QED) is 0.871. The fraction of sp³-hybridized carbons (Fsp3) is 0.200. The van der Waals surface area contributed by atoms with Gasteiger partial charge in [0.2, 0.25) is 0 Å². The molecule has 0 fully saturated rings. The molecule has 5 nitrogen and oxygen atoms in total. The van der Waals surface area contributed by atoms with Crippen molar-refractivity contribution in [3.63, 3.8) is 0 Å². The van der Waals surface area contributed by atoms with E-state index in [-0.39, 0.29) is 6.61 Å². The van der Waals surface area contributed by atoms with Crippen molar-refractivity contribution >= 4 is 22.6 Å². The smallest absolute Gasteiger partial charge is 0.325 e. The number of hydrogen-bond donors (Lipinski definition) is 2. The molecule has 0 bridgehead atoms. The number of benzene rings is 2.